The van der Waals surface area contributed by atoms with Gasteiger partial charge < -0.3 is 14.8 Å². The lowest BCUT2D eigenvalue weighted by Gasteiger charge is -2.40. The van der Waals surface area contributed by atoms with Crippen LogP contribution in [0.5, 0.6) is 0 Å². The Labute approximate surface area is 165 Å². The maximum Gasteiger partial charge on any atom is 0.0956 e. The smallest absolute Gasteiger partial charge is 0.0956 e. The maximum absolute atomic E-state index is 11.2. The molecule has 0 radical (unpaired) electrons. The van der Waals surface area contributed by atoms with Crippen molar-refractivity contribution in [2.75, 3.05) is 0 Å². The van der Waals surface area contributed by atoms with E-state index in [1.807, 2.05) is 30.7 Å². The Bertz CT molecular complexity index is 958. The molecule has 0 amide bonds. The summed E-state index contributed by atoms with van der Waals surface area (Å²) in [5, 5.41) is 22.3. The van der Waals surface area contributed by atoms with Crippen molar-refractivity contribution in [3.8, 4) is 11.3 Å². The summed E-state index contributed by atoms with van der Waals surface area (Å²) in [6.07, 6.45) is 6.57. The minimum absolute atomic E-state index is 0.0274. The third-order valence-electron chi connectivity index (χ3n) is 6.79. The van der Waals surface area contributed by atoms with E-state index >= 15 is 0 Å². The van der Waals surface area contributed by atoms with E-state index in [1.165, 1.54) is 16.7 Å². The Hall–Kier alpha value is -2.43. The zero-order chi connectivity index (χ0) is 19.1. The van der Waals surface area contributed by atoms with Crippen LogP contribution in [0.2, 0.25) is 0 Å². The van der Waals surface area contributed by atoms with E-state index < -0.39 is 11.7 Å². The van der Waals surface area contributed by atoms with Crippen molar-refractivity contribution in [2.45, 2.75) is 55.8 Å². The van der Waals surface area contributed by atoms with E-state index in [9.17, 15) is 10.2 Å². The molecule has 2 atom stereocenters. The van der Waals surface area contributed by atoms with Gasteiger partial charge in [0, 0.05) is 12.0 Å². The van der Waals surface area contributed by atoms with Crippen LogP contribution in [-0.2, 0) is 0 Å². The molecular formula is C24H26N2O2. The van der Waals surface area contributed by atoms with Gasteiger partial charge in [-0.15, -0.1) is 0 Å². The molecule has 0 spiro atoms. The summed E-state index contributed by atoms with van der Waals surface area (Å²) in [4.78, 5) is 4.29. The molecule has 2 aliphatic rings. The van der Waals surface area contributed by atoms with Crippen molar-refractivity contribution in [2.24, 2.45) is 0 Å². The average Bonchev–Trinajstić information content (AvgIpc) is 3.32. The number of rotatable bonds is 4. The van der Waals surface area contributed by atoms with E-state index in [1.54, 1.807) is 0 Å². The van der Waals surface area contributed by atoms with Gasteiger partial charge in [0.2, 0.25) is 0 Å². The van der Waals surface area contributed by atoms with E-state index in [0.29, 0.717) is 25.2 Å². The fraction of sp³-hybridized carbons (Fsp3) is 0.375. The molecule has 1 saturated carbocycles. The van der Waals surface area contributed by atoms with Crippen molar-refractivity contribution in [3.63, 3.8) is 0 Å². The number of benzene rings is 2. The second-order valence-corrected chi connectivity index (χ2v) is 8.33. The zero-order valence-electron chi connectivity index (χ0n) is 15.9. The van der Waals surface area contributed by atoms with Gasteiger partial charge in [-0.1, -0.05) is 54.6 Å². The van der Waals surface area contributed by atoms with Gasteiger partial charge in [-0.2, -0.15) is 0 Å². The molecule has 4 nitrogen and oxygen atoms in total. The van der Waals surface area contributed by atoms with Gasteiger partial charge >= 0.3 is 0 Å². The first kappa shape index (κ1) is 17.7. The standard InChI is InChI=1S/C24H26N2O2/c27-23(24(28)12-10-18(11-13-24)17-6-2-1-3-7-17)14-21-19-8-4-5-9-20(19)22-15-25-16-26(21)22/h1-9,15-16,18,21,23,27-28H,10-14H2. The Kier molecular flexibility index (Phi) is 4.33. The number of aliphatic hydroxyl groups is 2. The van der Waals surface area contributed by atoms with Gasteiger partial charge in [0.05, 0.1) is 36.0 Å². The first-order chi connectivity index (χ1) is 13.7. The molecule has 2 N–H and O–H groups in total. The largest absolute Gasteiger partial charge is 0.390 e. The third-order valence-corrected chi connectivity index (χ3v) is 6.79. The van der Waals surface area contributed by atoms with Crippen LogP contribution in [-0.4, -0.2) is 31.5 Å². The lowest BCUT2D eigenvalue weighted by molar-refractivity contribution is -0.105. The number of imidazole rings is 1. The number of fused-ring (bicyclic) bond motifs is 3. The average molecular weight is 374 g/mol. The van der Waals surface area contributed by atoms with Gasteiger partial charge in [-0.3, -0.25) is 0 Å². The van der Waals surface area contributed by atoms with Gasteiger partial charge in [0.15, 0.2) is 0 Å². The molecule has 2 aromatic carbocycles. The first-order valence-electron chi connectivity index (χ1n) is 10.2. The summed E-state index contributed by atoms with van der Waals surface area (Å²) in [5.41, 5.74) is 3.81. The number of hydrogen-bond donors (Lipinski definition) is 2. The number of aliphatic hydroxyl groups excluding tert-OH is 1. The van der Waals surface area contributed by atoms with Gasteiger partial charge in [-0.25, -0.2) is 4.98 Å². The molecular weight excluding hydrogens is 348 g/mol. The van der Waals surface area contributed by atoms with Crippen molar-refractivity contribution < 1.29 is 10.2 Å². The molecule has 144 valence electrons. The van der Waals surface area contributed by atoms with Crippen LogP contribution in [0.3, 0.4) is 0 Å². The third kappa shape index (κ3) is 2.88. The first-order valence-corrected chi connectivity index (χ1v) is 10.2. The van der Waals surface area contributed by atoms with Crippen LogP contribution in [0, 0.1) is 0 Å². The predicted molar refractivity (Wildman–Crippen MR) is 109 cm³/mol. The van der Waals surface area contributed by atoms with Gasteiger partial charge in [-0.05, 0) is 42.7 Å². The van der Waals surface area contributed by atoms with Crippen molar-refractivity contribution in [1.82, 2.24) is 9.55 Å². The molecule has 3 aromatic rings. The minimum Gasteiger partial charge on any atom is -0.390 e. The Morgan fingerprint density at radius 2 is 1.75 bits per heavy atom. The summed E-state index contributed by atoms with van der Waals surface area (Å²) >= 11 is 0. The number of nitrogens with zero attached hydrogens (tertiary/aromatic N) is 2. The maximum atomic E-state index is 11.2. The van der Waals surface area contributed by atoms with Crippen molar-refractivity contribution in [1.29, 1.82) is 0 Å². The molecule has 1 aliphatic carbocycles. The highest BCUT2D eigenvalue weighted by molar-refractivity contribution is 5.68. The van der Waals surface area contributed by atoms with Crippen LogP contribution >= 0.6 is 0 Å². The van der Waals surface area contributed by atoms with Crippen molar-refractivity contribution >= 4 is 0 Å². The van der Waals surface area contributed by atoms with E-state index in [2.05, 4.69) is 45.9 Å². The summed E-state index contributed by atoms with van der Waals surface area (Å²) in [6.45, 7) is 0. The molecule has 0 saturated heterocycles. The summed E-state index contributed by atoms with van der Waals surface area (Å²) in [7, 11) is 0. The fourth-order valence-electron chi connectivity index (χ4n) is 5.11. The molecule has 2 heterocycles. The van der Waals surface area contributed by atoms with Crippen LogP contribution < -0.4 is 0 Å². The Morgan fingerprint density at radius 3 is 2.54 bits per heavy atom. The second kappa shape index (κ2) is 6.87. The lowest BCUT2D eigenvalue weighted by Crippen LogP contribution is -2.46. The molecule has 1 aliphatic heterocycles. The fourth-order valence-corrected chi connectivity index (χ4v) is 5.11. The zero-order valence-corrected chi connectivity index (χ0v) is 15.9. The SMILES string of the molecule is OC(CC1c2ccccc2-c2cncn21)C1(O)CCC(c2ccccc2)CC1. The highest BCUT2D eigenvalue weighted by atomic mass is 16.3. The number of aromatic nitrogens is 2. The molecule has 4 heteroatoms. The highest BCUT2D eigenvalue weighted by Gasteiger charge is 2.42. The molecule has 2 unspecified atom stereocenters. The van der Waals surface area contributed by atoms with Gasteiger partial charge in [0.25, 0.3) is 0 Å². The summed E-state index contributed by atoms with van der Waals surface area (Å²) in [6, 6.07) is 18.9. The van der Waals surface area contributed by atoms with Crippen LogP contribution in [0.15, 0.2) is 67.1 Å². The van der Waals surface area contributed by atoms with Gasteiger partial charge in [0.1, 0.15) is 0 Å². The number of hydrogen-bond acceptors (Lipinski definition) is 3. The van der Waals surface area contributed by atoms with E-state index in [0.717, 1.165) is 18.5 Å². The molecule has 1 fully saturated rings. The lowest BCUT2D eigenvalue weighted by atomic mass is 9.72. The van der Waals surface area contributed by atoms with E-state index in [4.69, 9.17) is 0 Å². The molecule has 1 aromatic heterocycles. The monoisotopic (exact) mass is 374 g/mol. The second-order valence-electron chi connectivity index (χ2n) is 8.33. The molecule has 28 heavy (non-hydrogen) atoms. The molecule has 0 bridgehead atoms. The quantitative estimate of drug-likeness (QED) is 0.716. The van der Waals surface area contributed by atoms with Crippen LogP contribution in [0.1, 0.15) is 55.2 Å². The predicted octanol–water partition coefficient (Wildman–Crippen LogP) is 4.29. The summed E-state index contributed by atoms with van der Waals surface area (Å²) < 4.78 is 2.13. The van der Waals surface area contributed by atoms with Crippen molar-refractivity contribution in [3.05, 3.63) is 78.2 Å². The topological polar surface area (TPSA) is 58.3 Å². The van der Waals surface area contributed by atoms with E-state index in [-0.39, 0.29) is 6.04 Å². The Morgan fingerprint density at radius 1 is 1.04 bits per heavy atom. The minimum atomic E-state index is -1.01. The molecule has 5 rings (SSSR count). The normalized spacial score (nSPS) is 27.2. The van der Waals surface area contributed by atoms with Crippen LogP contribution in [0.4, 0.5) is 0 Å². The Balaban J connectivity index is 1.32. The van der Waals surface area contributed by atoms with Crippen LogP contribution in [0.25, 0.3) is 11.3 Å². The highest BCUT2D eigenvalue weighted by Crippen LogP contribution is 2.45. The summed E-state index contributed by atoms with van der Waals surface area (Å²) in [5.74, 6) is 0.473.